The first kappa shape index (κ1) is 14.3. The molecule has 2 nitrogen and oxygen atoms in total. The third-order valence-corrected chi connectivity index (χ3v) is 3.54. The number of likely N-dealkylation sites (tertiary alicyclic amines) is 1. The highest BCUT2D eigenvalue weighted by Crippen LogP contribution is 2.30. The smallest absolute Gasteiger partial charge is 0.388 e. The molecule has 1 saturated heterocycles. The van der Waals surface area contributed by atoms with E-state index in [0.717, 1.165) is 31.8 Å². The van der Waals surface area contributed by atoms with Crippen molar-refractivity contribution in [2.24, 2.45) is 0 Å². The van der Waals surface area contributed by atoms with E-state index in [4.69, 9.17) is 0 Å². The quantitative estimate of drug-likeness (QED) is 0.910. The van der Waals surface area contributed by atoms with Crippen molar-refractivity contribution < 1.29 is 18.3 Å². The van der Waals surface area contributed by atoms with Crippen LogP contribution in [0, 0.1) is 0 Å². The van der Waals surface area contributed by atoms with E-state index in [-0.39, 0.29) is 0 Å². The zero-order chi connectivity index (χ0) is 13.9. The molecule has 1 aliphatic rings. The highest BCUT2D eigenvalue weighted by Gasteiger charge is 2.30. The van der Waals surface area contributed by atoms with Crippen molar-refractivity contribution in [1.82, 2.24) is 4.90 Å². The van der Waals surface area contributed by atoms with Crippen molar-refractivity contribution in [1.29, 1.82) is 0 Å². The summed E-state index contributed by atoms with van der Waals surface area (Å²) >= 11 is 0. The fourth-order valence-corrected chi connectivity index (χ4v) is 2.37. The van der Waals surface area contributed by atoms with Gasteiger partial charge in [0.1, 0.15) is 0 Å². The Hall–Kier alpha value is -1.07. The van der Waals surface area contributed by atoms with Crippen LogP contribution in [-0.2, 0) is 6.18 Å². The lowest BCUT2D eigenvalue weighted by Crippen LogP contribution is -2.22. The molecule has 5 heteroatoms. The van der Waals surface area contributed by atoms with Crippen molar-refractivity contribution in [2.75, 3.05) is 19.6 Å². The van der Waals surface area contributed by atoms with Crippen LogP contribution in [0.25, 0.3) is 0 Å². The second-order valence-corrected chi connectivity index (χ2v) is 4.97. The minimum atomic E-state index is -4.32. The standard InChI is InChI=1S/C14H18F3NO/c15-14(16,17)12-5-3-11(4-6-12)13(19)7-10-18-8-1-2-9-18/h3-6,13,19H,1-2,7-10H2/t13-/m0/s1. The third-order valence-electron chi connectivity index (χ3n) is 3.54. The molecule has 1 aromatic carbocycles. The highest BCUT2D eigenvalue weighted by molar-refractivity contribution is 5.26. The maximum atomic E-state index is 12.4. The molecule has 0 spiro atoms. The first-order valence-corrected chi connectivity index (χ1v) is 6.54. The highest BCUT2D eigenvalue weighted by atomic mass is 19.4. The van der Waals surface area contributed by atoms with E-state index in [1.54, 1.807) is 0 Å². The third kappa shape index (κ3) is 3.94. The predicted octanol–water partition coefficient (Wildman–Crippen LogP) is 3.22. The van der Waals surface area contributed by atoms with E-state index in [1.165, 1.54) is 25.0 Å². The summed E-state index contributed by atoms with van der Waals surface area (Å²) in [7, 11) is 0. The van der Waals surface area contributed by atoms with Gasteiger partial charge in [-0.25, -0.2) is 0 Å². The van der Waals surface area contributed by atoms with Crippen molar-refractivity contribution in [3.05, 3.63) is 35.4 Å². The first-order valence-electron chi connectivity index (χ1n) is 6.54. The average molecular weight is 273 g/mol. The topological polar surface area (TPSA) is 23.5 Å². The number of hydrogen-bond donors (Lipinski definition) is 1. The first-order chi connectivity index (χ1) is 8.97. The molecule has 1 aromatic rings. The lowest BCUT2D eigenvalue weighted by molar-refractivity contribution is -0.137. The van der Waals surface area contributed by atoms with Gasteiger partial charge in [-0.15, -0.1) is 0 Å². The Kier molecular flexibility index (Phi) is 4.47. The van der Waals surface area contributed by atoms with Crippen LogP contribution in [0.15, 0.2) is 24.3 Å². The summed E-state index contributed by atoms with van der Waals surface area (Å²) in [5, 5.41) is 9.97. The van der Waals surface area contributed by atoms with Crippen molar-refractivity contribution >= 4 is 0 Å². The summed E-state index contributed by atoms with van der Waals surface area (Å²) in [5.41, 5.74) is -0.129. The van der Waals surface area contributed by atoms with Crippen LogP contribution in [0.3, 0.4) is 0 Å². The zero-order valence-electron chi connectivity index (χ0n) is 10.7. The summed E-state index contributed by atoms with van der Waals surface area (Å²) in [6.45, 7) is 2.90. The Labute approximate surface area is 110 Å². The molecule has 0 unspecified atom stereocenters. The van der Waals surface area contributed by atoms with Gasteiger partial charge in [-0.3, -0.25) is 0 Å². The van der Waals surface area contributed by atoms with E-state index >= 15 is 0 Å². The van der Waals surface area contributed by atoms with Gasteiger partial charge in [0, 0.05) is 6.54 Å². The molecule has 1 heterocycles. The van der Waals surface area contributed by atoms with Gasteiger partial charge in [-0.2, -0.15) is 13.2 Å². The van der Waals surface area contributed by atoms with Crippen LogP contribution in [0.1, 0.15) is 36.5 Å². The largest absolute Gasteiger partial charge is 0.416 e. The molecule has 1 aliphatic heterocycles. The molecule has 1 N–H and O–H groups in total. The Balaban J connectivity index is 1.89. The van der Waals surface area contributed by atoms with E-state index in [0.29, 0.717) is 12.0 Å². The Morgan fingerprint density at radius 3 is 2.21 bits per heavy atom. The molecule has 1 fully saturated rings. The number of aliphatic hydroxyl groups is 1. The minimum Gasteiger partial charge on any atom is -0.388 e. The number of benzene rings is 1. The number of nitrogens with zero attached hydrogens (tertiary/aromatic N) is 1. The summed E-state index contributed by atoms with van der Waals surface area (Å²) in [4.78, 5) is 2.27. The molecule has 0 bridgehead atoms. The molecule has 0 radical (unpaired) electrons. The van der Waals surface area contributed by atoms with Gasteiger partial charge in [-0.05, 0) is 50.0 Å². The van der Waals surface area contributed by atoms with Gasteiger partial charge in [0.05, 0.1) is 11.7 Å². The van der Waals surface area contributed by atoms with Gasteiger partial charge in [0.15, 0.2) is 0 Å². The summed E-state index contributed by atoms with van der Waals surface area (Å²) in [6, 6.07) is 4.76. The molecule has 0 aliphatic carbocycles. The number of rotatable bonds is 4. The summed E-state index contributed by atoms with van der Waals surface area (Å²) < 4.78 is 37.2. The number of aliphatic hydroxyl groups excluding tert-OH is 1. The van der Waals surface area contributed by atoms with Crippen molar-refractivity contribution in [2.45, 2.75) is 31.5 Å². The van der Waals surface area contributed by atoms with Gasteiger partial charge in [0.25, 0.3) is 0 Å². The zero-order valence-corrected chi connectivity index (χ0v) is 10.7. The molecule has 106 valence electrons. The van der Waals surface area contributed by atoms with Crippen LogP contribution in [-0.4, -0.2) is 29.6 Å². The lowest BCUT2D eigenvalue weighted by Gasteiger charge is -2.18. The Morgan fingerprint density at radius 1 is 1.11 bits per heavy atom. The van der Waals surface area contributed by atoms with Crippen LogP contribution in [0.4, 0.5) is 13.2 Å². The molecular weight excluding hydrogens is 255 g/mol. The van der Waals surface area contributed by atoms with Crippen molar-refractivity contribution in [3.8, 4) is 0 Å². The minimum absolute atomic E-state index is 0.548. The van der Waals surface area contributed by atoms with Crippen molar-refractivity contribution in [3.63, 3.8) is 0 Å². The monoisotopic (exact) mass is 273 g/mol. The Bertz CT molecular complexity index is 396. The number of hydrogen-bond acceptors (Lipinski definition) is 2. The SMILES string of the molecule is O[C@@H](CCN1CCCC1)c1ccc(C(F)(F)F)cc1. The number of halogens is 3. The van der Waals surface area contributed by atoms with E-state index in [9.17, 15) is 18.3 Å². The Morgan fingerprint density at radius 2 is 1.68 bits per heavy atom. The van der Waals surface area contributed by atoms with Gasteiger partial charge >= 0.3 is 6.18 Å². The van der Waals surface area contributed by atoms with Gasteiger partial charge in [0.2, 0.25) is 0 Å². The molecule has 0 aromatic heterocycles. The molecule has 0 saturated carbocycles. The van der Waals surface area contributed by atoms with Crippen LogP contribution in [0.5, 0.6) is 0 Å². The lowest BCUT2D eigenvalue weighted by atomic mass is 10.0. The summed E-state index contributed by atoms with van der Waals surface area (Å²) in [5.74, 6) is 0. The fourth-order valence-electron chi connectivity index (χ4n) is 2.37. The predicted molar refractivity (Wildman–Crippen MR) is 66.7 cm³/mol. The maximum Gasteiger partial charge on any atom is 0.416 e. The van der Waals surface area contributed by atoms with E-state index < -0.39 is 17.8 Å². The fraction of sp³-hybridized carbons (Fsp3) is 0.571. The molecular formula is C14H18F3NO. The second-order valence-electron chi connectivity index (χ2n) is 4.97. The van der Waals surface area contributed by atoms with E-state index in [1.807, 2.05) is 0 Å². The van der Waals surface area contributed by atoms with E-state index in [2.05, 4.69) is 4.90 Å². The maximum absolute atomic E-state index is 12.4. The second kappa shape index (κ2) is 5.92. The van der Waals surface area contributed by atoms with Gasteiger partial charge < -0.3 is 10.0 Å². The van der Waals surface area contributed by atoms with Crippen LogP contribution in [0.2, 0.25) is 0 Å². The number of alkyl halides is 3. The summed E-state index contributed by atoms with van der Waals surface area (Å²) in [6.07, 6.45) is -2.07. The molecule has 19 heavy (non-hydrogen) atoms. The normalized spacial score (nSPS) is 18.7. The van der Waals surface area contributed by atoms with Crippen LogP contribution >= 0.6 is 0 Å². The van der Waals surface area contributed by atoms with Gasteiger partial charge in [-0.1, -0.05) is 12.1 Å². The molecule has 2 rings (SSSR count). The molecule has 1 atom stereocenters. The molecule has 0 amide bonds. The average Bonchev–Trinajstić information content (AvgIpc) is 2.88. The van der Waals surface area contributed by atoms with Crippen LogP contribution < -0.4 is 0 Å².